The molecular weight excluding hydrogens is 366 g/mol. The van der Waals surface area contributed by atoms with Gasteiger partial charge in [0.1, 0.15) is 0 Å². The molecule has 2 heterocycles. The summed E-state index contributed by atoms with van der Waals surface area (Å²) in [5, 5.41) is 0. The van der Waals surface area contributed by atoms with Crippen LogP contribution in [0.2, 0.25) is 0 Å². The number of carbonyl (C=O) groups is 1. The number of rotatable bonds is 3. The second-order valence-corrected chi connectivity index (χ2v) is 6.98. The lowest BCUT2D eigenvalue weighted by atomic mass is 10.1. The fourth-order valence-electron chi connectivity index (χ4n) is 3.03. The van der Waals surface area contributed by atoms with Crippen molar-refractivity contribution in [3.8, 4) is 11.3 Å². The van der Waals surface area contributed by atoms with Gasteiger partial charge in [0.2, 0.25) is 0 Å². The highest BCUT2D eigenvalue weighted by Gasteiger charge is 2.23. The molecule has 5 heteroatoms. The first-order valence-corrected chi connectivity index (χ1v) is 9.13. The number of piperazine rings is 1. The molecule has 4 nitrogen and oxygen atoms in total. The number of carbonyl (C=O) groups excluding carboxylic acids is 1. The molecule has 0 bridgehead atoms. The standard InChI is InChI=1S/C19H22BrN3O/c1-3-22-9-11-23(12-10-22)19(24)17-7-8-18(21-14(17)2)15-5-4-6-16(20)13-15/h4-8,13H,3,9-12H2,1-2H3. The van der Waals surface area contributed by atoms with Crippen LogP contribution in [0.3, 0.4) is 0 Å². The number of benzene rings is 1. The number of likely N-dealkylation sites (N-methyl/N-ethyl adjacent to an activating group) is 1. The molecular formula is C19H22BrN3O. The first kappa shape index (κ1) is 17.1. The van der Waals surface area contributed by atoms with Gasteiger partial charge in [-0.2, -0.15) is 0 Å². The first-order valence-electron chi connectivity index (χ1n) is 8.33. The van der Waals surface area contributed by atoms with Crippen molar-refractivity contribution >= 4 is 21.8 Å². The number of aromatic nitrogens is 1. The molecule has 0 radical (unpaired) electrons. The van der Waals surface area contributed by atoms with E-state index in [1.165, 1.54) is 0 Å². The maximum atomic E-state index is 12.8. The molecule has 0 N–H and O–H groups in total. The summed E-state index contributed by atoms with van der Waals surface area (Å²) in [6.45, 7) is 8.60. The Hall–Kier alpha value is -1.72. The van der Waals surface area contributed by atoms with Crippen LogP contribution in [0.4, 0.5) is 0 Å². The molecule has 1 aliphatic heterocycles. The topological polar surface area (TPSA) is 36.4 Å². The monoisotopic (exact) mass is 387 g/mol. The molecule has 0 unspecified atom stereocenters. The highest BCUT2D eigenvalue weighted by atomic mass is 79.9. The summed E-state index contributed by atoms with van der Waals surface area (Å²) in [6.07, 6.45) is 0. The average Bonchev–Trinajstić information content (AvgIpc) is 2.61. The van der Waals surface area contributed by atoms with Crippen molar-refractivity contribution < 1.29 is 4.79 Å². The van der Waals surface area contributed by atoms with Gasteiger partial charge in [0, 0.05) is 36.2 Å². The zero-order valence-corrected chi connectivity index (χ0v) is 15.7. The smallest absolute Gasteiger partial charge is 0.255 e. The van der Waals surface area contributed by atoms with Crippen LogP contribution < -0.4 is 0 Å². The van der Waals surface area contributed by atoms with Crippen LogP contribution in [0.15, 0.2) is 40.9 Å². The predicted molar refractivity (Wildman–Crippen MR) is 100 cm³/mol. The third-order valence-electron chi connectivity index (χ3n) is 4.54. The van der Waals surface area contributed by atoms with Crippen molar-refractivity contribution in [2.45, 2.75) is 13.8 Å². The quantitative estimate of drug-likeness (QED) is 0.806. The van der Waals surface area contributed by atoms with Crippen LogP contribution in [-0.4, -0.2) is 53.4 Å². The molecule has 0 aliphatic carbocycles. The Balaban J connectivity index is 1.79. The van der Waals surface area contributed by atoms with Crippen molar-refractivity contribution in [2.75, 3.05) is 32.7 Å². The maximum Gasteiger partial charge on any atom is 0.255 e. The van der Waals surface area contributed by atoms with E-state index in [9.17, 15) is 4.79 Å². The van der Waals surface area contributed by atoms with Gasteiger partial charge in [-0.1, -0.05) is 35.0 Å². The third-order valence-corrected chi connectivity index (χ3v) is 5.04. The van der Waals surface area contributed by atoms with Gasteiger partial charge in [-0.25, -0.2) is 0 Å². The van der Waals surface area contributed by atoms with Crippen molar-refractivity contribution in [1.29, 1.82) is 0 Å². The minimum atomic E-state index is 0.0940. The minimum Gasteiger partial charge on any atom is -0.336 e. The van der Waals surface area contributed by atoms with Crippen LogP contribution in [0.5, 0.6) is 0 Å². The highest BCUT2D eigenvalue weighted by Crippen LogP contribution is 2.23. The summed E-state index contributed by atoms with van der Waals surface area (Å²) < 4.78 is 1.02. The summed E-state index contributed by atoms with van der Waals surface area (Å²) in [6, 6.07) is 11.9. The molecule has 2 aromatic rings. The Morgan fingerprint density at radius 1 is 1.17 bits per heavy atom. The highest BCUT2D eigenvalue weighted by molar-refractivity contribution is 9.10. The Morgan fingerprint density at radius 3 is 2.54 bits per heavy atom. The lowest BCUT2D eigenvalue weighted by Gasteiger charge is -2.34. The molecule has 126 valence electrons. The molecule has 1 fully saturated rings. The fourth-order valence-corrected chi connectivity index (χ4v) is 3.43. The lowest BCUT2D eigenvalue weighted by molar-refractivity contribution is 0.0642. The van der Waals surface area contributed by atoms with E-state index in [0.29, 0.717) is 5.56 Å². The molecule has 1 saturated heterocycles. The molecule has 1 amide bonds. The van der Waals surface area contributed by atoms with Gasteiger partial charge in [-0.15, -0.1) is 0 Å². The normalized spacial score (nSPS) is 15.5. The molecule has 1 aromatic heterocycles. The number of halogens is 1. The summed E-state index contributed by atoms with van der Waals surface area (Å²) in [7, 11) is 0. The summed E-state index contributed by atoms with van der Waals surface area (Å²) in [5.41, 5.74) is 3.43. The Kier molecular flexibility index (Phi) is 5.31. The number of aryl methyl sites for hydroxylation is 1. The van der Waals surface area contributed by atoms with Gasteiger partial charge in [-0.3, -0.25) is 9.78 Å². The van der Waals surface area contributed by atoms with Gasteiger partial charge in [0.05, 0.1) is 17.0 Å². The zero-order valence-electron chi connectivity index (χ0n) is 14.1. The molecule has 24 heavy (non-hydrogen) atoms. The fraction of sp³-hybridized carbons (Fsp3) is 0.368. The van der Waals surface area contributed by atoms with E-state index in [0.717, 1.165) is 54.1 Å². The predicted octanol–water partition coefficient (Wildman–Crippen LogP) is 3.60. The van der Waals surface area contributed by atoms with Gasteiger partial charge in [-0.05, 0) is 37.7 Å². The molecule has 0 atom stereocenters. The number of nitrogens with zero attached hydrogens (tertiary/aromatic N) is 3. The van der Waals surface area contributed by atoms with E-state index >= 15 is 0 Å². The zero-order chi connectivity index (χ0) is 17.1. The van der Waals surface area contributed by atoms with Gasteiger partial charge in [0.15, 0.2) is 0 Å². The summed E-state index contributed by atoms with van der Waals surface area (Å²) in [4.78, 5) is 21.7. The van der Waals surface area contributed by atoms with Crippen LogP contribution in [0.25, 0.3) is 11.3 Å². The van der Waals surface area contributed by atoms with Crippen LogP contribution >= 0.6 is 15.9 Å². The molecule has 1 aromatic carbocycles. The number of hydrogen-bond donors (Lipinski definition) is 0. The van der Waals surface area contributed by atoms with Crippen LogP contribution in [-0.2, 0) is 0 Å². The van der Waals surface area contributed by atoms with Crippen LogP contribution in [0.1, 0.15) is 23.0 Å². The number of amides is 1. The van der Waals surface area contributed by atoms with Gasteiger partial charge >= 0.3 is 0 Å². The largest absolute Gasteiger partial charge is 0.336 e. The lowest BCUT2D eigenvalue weighted by Crippen LogP contribution is -2.48. The van der Waals surface area contributed by atoms with E-state index in [2.05, 4.69) is 32.7 Å². The van der Waals surface area contributed by atoms with Crippen molar-refractivity contribution in [1.82, 2.24) is 14.8 Å². The molecule has 0 spiro atoms. The van der Waals surface area contributed by atoms with E-state index in [4.69, 9.17) is 0 Å². The first-order chi connectivity index (χ1) is 11.6. The average molecular weight is 388 g/mol. The van der Waals surface area contributed by atoms with Gasteiger partial charge < -0.3 is 9.80 Å². The molecule has 1 aliphatic rings. The number of hydrogen-bond acceptors (Lipinski definition) is 3. The van der Waals surface area contributed by atoms with Crippen LogP contribution in [0, 0.1) is 6.92 Å². The Morgan fingerprint density at radius 2 is 1.92 bits per heavy atom. The van der Waals surface area contributed by atoms with E-state index < -0.39 is 0 Å². The Labute approximate surface area is 151 Å². The summed E-state index contributed by atoms with van der Waals surface area (Å²) >= 11 is 3.49. The van der Waals surface area contributed by atoms with E-state index in [1.54, 1.807) is 0 Å². The van der Waals surface area contributed by atoms with E-state index in [1.807, 2.05) is 48.2 Å². The third kappa shape index (κ3) is 3.68. The number of pyridine rings is 1. The summed E-state index contributed by atoms with van der Waals surface area (Å²) in [5.74, 6) is 0.0940. The van der Waals surface area contributed by atoms with Crippen molar-refractivity contribution in [2.24, 2.45) is 0 Å². The second kappa shape index (κ2) is 7.45. The second-order valence-electron chi connectivity index (χ2n) is 6.07. The van der Waals surface area contributed by atoms with Gasteiger partial charge in [0.25, 0.3) is 5.91 Å². The Bertz CT molecular complexity index is 739. The molecule has 0 saturated carbocycles. The SMILES string of the molecule is CCN1CCN(C(=O)c2ccc(-c3cccc(Br)c3)nc2C)CC1. The molecule has 3 rings (SSSR count). The minimum absolute atomic E-state index is 0.0940. The van der Waals surface area contributed by atoms with Crippen molar-refractivity contribution in [3.05, 3.63) is 52.1 Å². The van der Waals surface area contributed by atoms with E-state index in [-0.39, 0.29) is 5.91 Å². The maximum absolute atomic E-state index is 12.8. The van der Waals surface area contributed by atoms with Crippen molar-refractivity contribution in [3.63, 3.8) is 0 Å².